The van der Waals surface area contributed by atoms with E-state index in [-0.39, 0.29) is 12.0 Å². The van der Waals surface area contributed by atoms with Crippen molar-refractivity contribution in [3.05, 3.63) is 29.3 Å². The van der Waals surface area contributed by atoms with Crippen molar-refractivity contribution in [2.45, 2.75) is 24.4 Å². The van der Waals surface area contributed by atoms with E-state index in [1.54, 1.807) is 6.92 Å². The lowest BCUT2D eigenvalue weighted by molar-refractivity contribution is -0.140. The third-order valence-corrected chi connectivity index (χ3v) is 3.67. The van der Waals surface area contributed by atoms with Gasteiger partial charge in [0, 0.05) is 0 Å². The number of halogens is 3. The third-order valence-electron chi connectivity index (χ3n) is 2.25. The second-order valence-corrected chi connectivity index (χ2v) is 4.92. The molecule has 0 aliphatic carbocycles. The molecule has 0 fully saturated rings. The van der Waals surface area contributed by atoms with Gasteiger partial charge in [0.1, 0.15) is 4.90 Å². The summed E-state index contributed by atoms with van der Waals surface area (Å²) >= 11 is 0. The Morgan fingerprint density at radius 1 is 1.29 bits per heavy atom. The van der Waals surface area contributed by atoms with E-state index in [9.17, 15) is 21.6 Å². The molecule has 0 saturated carbocycles. The lowest BCUT2D eigenvalue weighted by atomic mass is 10.1. The second-order valence-electron chi connectivity index (χ2n) is 3.27. The largest absolute Gasteiger partial charge is 0.417 e. The molecule has 0 spiro atoms. The van der Waals surface area contributed by atoms with Gasteiger partial charge >= 0.3 is 6.18 Å². The number of alkyl halides is 3. The van der Waals surface area contributed by atoms with Crippen LogP contribution in [0.15, 0.2) is 23.1 Å². The first-order valence-corrected chi connectivity index (χ1v) is 6.14. The molecule has 0 bridgehead atoms. The number of benzene rings is 1. The highest BCUT2D eigenvalue weighted by molar-refractivity contribution is 7.86. The summed E-state index contributed by atoms with van der Waals surface area (Å²) in [6.45, 7) is 1.57. The molecule has 0 saturated heterocycles. The zero-order valence-corrected chi connectivity index (χ0v) is 10.0. The van der Waals surface area contributed by atoms with E-state index < -0.39 is 26.8 Å². The monoisotopic (exact) mass is 268 g/mol. The van der Waals surface area contributed by atoms with Crippen molar-refractivity contribution in [3.8, 4) is 0 Å². The van der Waals surface area contributed by atoms with Gasteiger partial charge in [0.05, 0.1) is 12.7 Å². The fourth-order valence-electron chi connectivity index (χ4n) is 1.47. The fraction of sp³-hybridized carbons (Fsp3) is 0.400. The predicted octanol–water partition coefficient (Wildman–Crippen LogP) is 2.60. The molecule has 96 valence electrons. The first-order valence-electron chi connectivity index (χ1n) is 4.73. The Bertz CT molecular complexity index is 506. The summed E-state index contributed by atoms with van der Waals surface area (Å²) in [5.74, 6) is 0. The maximum absolute atomic E-state index is 12.7. The first kappa shape index (κ1) is 14.0. The summed E-state index contributed by atoms with van der Waals surface area (Å²) < 4.78 is 65.4. The molecule has 0 aliphatic rings. The van der Waals surface area contributed by atoms with Gasteiger partial charge in [0.15, 0.2) is 0 Å². The molecule has 1 aromatic rings. The summed E-state index contributed by atoms with van der Waals surface area (Å²) in [5.41, 5.74) is -1.11. The van der Waals surface area contributed by atoms with Crippen LogP contribution in [0.1, 0.15) is 18.1 Å². The number of hydrogen-bond acceptors (Lipinski definition) is 3. The fourth-order valence-corrected chi connectivity index (χ4v) is 2.62. The molecule has 7 heteroatoms. The molecule has 17 heavy (non-hydrogen) atoms. The lowest BCUT2D eigenvalue weighted by Gasteiger charge is -2.15. The Balaban J connectivity index is 3.65. The highest BCUT2D eigenvalue weighted by Crippen LogP contribution is 2.36. The third kappa shape index (κ3) is 2.78. The molecule has 1 aromatic carbocycles. The van der Waals surface area contributed by atoms with Gasteiger partial charge in [-0.25, -0.2) is 0 Å². The molecule has 3 nitrogen and oxygen atoms in total. The van der Waals surface area contributed by atoms with E-state index in [4.69, 9.17) is 0 Å². The first-order chi connectivity index (χ1) is 7.74. The highest BCUT2D eigenvalue weighted by atomic mass is 32.2. The Morgan fingerprint density at radius 3 is 2.29 bits per heavy atom. The SMILES string of the molecule is CCc1cccc(C(F)(F)F)c1S(=O)(=O)OC. The van der Waals surface area contributed by atoms with Crippen molar-refractivity contribution in [2.75, 3.05) is 7.11 Å². The van der Waals surface area contributed by atoms with Crippen molar-refractivity contribution in [1.29, 1.82) is 0 Å². The van der Waals surface area contributed by atoms with Crippen LogP contribution in [0.4, 0.5) is 13.2 Å². The van der Waals surface area contributed by atoms with E-state index in [2.05, 4.69) is 4.18 Å². The molecule has 0 unspecified atom stereocenters. The van der Waals surface area contributed by atoms with Crippen LogP contribution in [-0.4, -0.2) is 15.5 Å². The molecule has 0 aromatic heterocycles. The van der Waals surface area contributed by atoms with E-state index >= 15 is 0 Å². The average Bonchev–Trinajstić information content (AvgIpc) is 2.26. The van der Waals surface area contributed by atoms with Crippen molar-refractivity contribution < 1.29 is 25.8 Å². The topological polar surface area (TPSA) is 43.4 Å². The van der Waals surface area contributed by atoms with Crippen LogP contribution in [0, 0.1) is 0 Å². The smallest absolute Gasteiger partial charge is 0.270 e. The summed E-state index contributed by atoms with van der Waals surface area (Å²) in [5, 5.41) is 0. The number of hydrogen-bond donors (Lipinski definition) is 0. The van der Waals surface area contributed by atoms with Crippen molar-refractivity contribution >= 4 is 10.1 Å². The molecule has 1 rings (SSSR count). The Morgan fingerprint density at radius 2 is 1.88 bits per heavy atom. The Kier molecular flexibility index (Phi) is 3.83. The van der Waals surface area contributed by atoms with Crippen molar-refractivity contribution in [3.63, 3.8) is 0 Å². The molecular weight excluding hydrogens is 257 g/mol. The predicted molar refractivity (Wildman–Crippen MR) is 55.0 cm³/mol. The van der Waals surface area contributed by atoms with Crippen LogP contribution in [0.25, 0.3) is 0 Å². The average molecular weight is 268 g/mol. The minimum atomic E-state index is -4.73. The van der Waals surface area contributed by atoms with E-state index in [0.29, 0.717) is 0 Å². The standard InChI is InChI=1S/C10H11F3O3S/c1-3-7-5-4-6-8(10(11,12)13)9(7)17(14,15)16-2/h4-6H,3H2,1-2H3. The maximum atomic E-state index is 12.7. The Hall–Kier alpha value is -1.08. The molecule has 0 amide bonds. The van der Waals surface area contributed by atoms with Crippen LogP contribution < -0.4 is 0 Å². The molecular formula is C10H11F3O3S. The summed E-state index contributed by atoms with van der Waals surface area (Å²) in [4.78, 5) is -0.794. The van der Waals surface area contributed by atoms with E-state index in [1.165, 1.54) is 12.1 Å². The Labute approximate surface area is 97.3 Å². The normalized spacial score (nSPS) is 12.8. The second kappa shape index (κ2) is 4.66. The van der Waals surface area contributed by atoms with E-state index in [0.717, 1.165) is 13.2 Å². The van der Waals surface area contributed by atoms with Crippen molar-refractivity contribution in [2.24, 2.45) is 0 Å². The zero-order chi connectivity index (χ0) is 13.3. The minimum absolute atomic E-state index is 0.0849. The lowest BCUT2D eigenvalue weighted by Crippen LogP contribution is -2.16. The van der Waals surface area contributed by atoms with Gasteiger partial charge in [-0.2, -0.15) is 21.6 Å². The zero-order valence-electron chi connectivity index (χ0n) is 9.21. The van der Waals surface area contributed by atoms with Crippen LogP contribution in [0.3, 0.4) is 0 Å². The molecule has 0 atom stereocenters. The van der Waals surface area contributed by atoms with Gasteiger partial charge in [-0.1, -0.05) is 19.1 Å². The maximum Gasteiger partial charge on any atom is 0.417 e. The van der Waals surface area contributed by atoms with Crippen molar-refractivity contribution in [1.82, 2.24) is 0 Å². The van der Waals surface area contributed by atoms with Gasteiger partial charge in [-0.3, -0.25) is 4.18 Å². The van der Waals surface area contributed by atoms with Gasteiger partial charge in [-0.05, 0) is 18.1 Å². The highest BCUT2D eigenvalue weighted by Gasteiger charge is 2.38. The summed E-state index contributed by atoms with van der Waals surface area (Å²) in [7, 11) is -3.54. The minimum Gasteiger partial charge on any atom is -0.270 e. The van der Waals surface area contributed by atoms with E-state index in [1.807, 2.05) is 0 Å². The number of aryl methyl sites for hydroxylation is 1. The molecule has 0 N–H and O–H groups in total. The van der Waals surface area contributed by atoms with Crippen LogP contribution in [-0.2, 0) is 26.9 Å². The number of rotatable bonds is 3. The van der Waals surface area contributed by atoms with Crippen LogP contribution in [0.5, 0.6) is 0 Å². The quantitative estimate of drug-likeness (QED) is 0.791. The molecule has 0 aliphatic heterocycles. The van der Waals surface area contributed by atoms with Gasteiger partial charge in [-0.15, -0.1) is 0 Å². The van der Waals surface area contributed by atoms with Crippen LogP contribution >= 0.6 is 0 Å². The van der Waals surface area contributed by atoms with Crippen LogP contribution in [0.2, 0.25) is 0 Å². The van der Waals surface area contributed by atoms with Gasteiger partial charge < -0.3 is 0 Å². The summed E-state index contributed by atoms with van der Waals surface area (Å²) in [6.07, 6.45) is -4.56. The van der Waals surface area contributed by atoms with Gasteiger partial charge in [0.25, 0.3) is 10.1 Å². The molecule has 0 radical (unpaired) electrons. The summed E-state index contributed by atoms with van der Waals surface area (Å²) in [6, 6.07) is 3.24. The van der Waals surface area contributed by atoms with Gasteiger partial charge in [0.2, 0.25) is 0 Å². The molecule has 0 heterocycles.